The van der Waals surface area contributed by atoms with Crippen LogP contribution in [-0.2, 0) is 4.74 Å². The molecule has 0 fully saturated rings. The zero-order chi connectivity index (χ0) is 21.6. The van der Waals surface area contributed by atoms with Crippen LogP contribution in [0.15, 0.2) is 72.8 Å². The summed E-state index contributed by atoms with van der Waals surface area (Å²) in [6.07, 6.45) is 5.05. The van der Waals surface area contributed by atoms with Crippen LogP contribution in [0.5, 0.6) is 0 Å². The Bertz CT molecular complexity index is 1090. The average Bonchev–Trinajstić information content (AvgIpc) is 3.11. The molecule has 0 spiro atoms. The van der Waals surface area contributed by atoms with Crippen molar-refractivity contribution in [2.45, 2.75) is 19.3 Å². The summed E-state index contributed by atoms with van der Waals surface area (Å²) in [6, 6.07) is 22.3. The lowest BCUT2D eigenvalue weighted by Gasteiger charge is -2.14. The molecule has 0 bridgehead atoms. The molecule has 1 amide bonds. The van der Waals surface area contributed by atoms with Crippen molar-refractivity contribution in [3.63, 3.8) is 0 Å². The van der Waals surface area contributed by atoms with Gasteiger partial charge in [-0.15, -0.1) is 0 Å². The normalized spacial score (nSPS) is 12.4. The number of aryl methyl sites for hydroxylation is 1. The van der Waals surface area contributed by atoms with Crippen molar-refractivity contribution in [3.05, 3.63) is 101 Å². The van der Waals surface area contributed by atoms with Gasteiger partial charge in [0.25, 0.3) is 0 Å². The lowest BCUT2D eigenvalue weighted by Crippen LogP contribution is -2.26. The van der Waals surface area contributed by atoms with E-state index in [0.29, 0.717) is 25.1 Å². The van der Waals surface area contributed by atoms with E-state index in [0.717, 1.165) is 17.4 Å². The van der Waals surface area contributed by atoms with Gasteiger partial charge in [-0.25, -0.2) is 4.79 Å². The number of carbonyl (C=O) groups is 2. The van der Waals surface area contributed by atoms with Gasteiger partial charge in [0.2, 0.25) is 0 Å². The van der Waals surface area contributed by atoms with E-state index >= 15 is 0 Å². The largest absolute Gasteiger partial charge is 0.449 e. The quantitative estimate of drug-likeness (QED) is 0.398. The first-order valence-electron chi connectivity index (χ1n) is 10.5. The highest BCUT2D eigenvalue weighted by Crippen LogP contribution is 2.44. The van der Waals surface area contributed by atoms with E-state index in [-0.39, 0.29) is 5.92 Å². The van der Waals surface area contributed by atoms with E-state index in [9.17, 15) is 9.59 Å². The van der Waals surface area contributed by atoms with Crippen LogP contribution < -0.4 is 5.32 Å². The number of nitrogens with one attached hydrogen (secondary N) is 1. The van der Waals surface area contributed by atoms with Gasteiger partial charge < -0.3 is 10.1 Å². The number of alkyl carbamates (subject to hydrolysis) is 1. The molecule has 3 aromatic rings. The Kier molecular flexibility index (Phi) is 6.27. The number of ether oxygens (including phenoxy) is 1. The Balaban J connectivity index is 1.28. The molecule has 1 aliphatic carbocycles. The maximum absolute atomic E-state index is 12.2. The van der Waals surface area contributed by atoms with Crippen LogP contribution >= 0.6 is 0 Å². The highest BCUT2D eigenvalue weighted by Gasteiger charge is 2.28. The molecule has 0 atom stereocenters. The standard InChI is InChI=1S/C27H25NO3/c1-19-14-20(16-21(15-19)17-29)8-6-7-13-28-27(30)31-18-26-24-11-4-2-9-22(24)23-10-3-5-12-25(23)26/h2-6,8-12,14-17,26H,7,13,18H2,1H3,(H,28,30). The zero-order valence-corrected chi connectivity index (χ0v) is 17.5. The molecule has 156 valence electrons. The summed E-state index contributed by atoms with van der Waals surface area (Å²) in [7, 11) is 0. The number of carbonyl (C=O) groups excluding carboxylic acids is 2. The number of fused-ring (bicyclic) bond motifs is 3. The second-order valence-electron chi connectivity index (χ2n) is 7.74. The van der Waals surface area contributed by atoms with Crippen molar-refractivity contribution in [2.75, 3.05) is 13.2 Å². The second kappa shape index (κ2) is 9.43. The first-order chi connectivity index (χ1) is 15.2. The van der Waals surface area contributed by atoms with Crippen LogP contribution in [0.3, 0.4) is 0 Å². The second-order valence-corrected chi connectivity index (χ2v) is 7.74. The van der Waals surface area contributed by atoms with Gasteiger partial charge in [0, 0.05) is 18.0 Å². The molecular formula is C27H25NO3. The Hall–Kier alpha value is -3.66. The van der Waals surface area contributed by atoms with Crippen molar-refractivity contribution in [1.29, 1.82) is 0 Å². The summed E-state index contributed by atoms with van der Waals surface area (Å²) in [5.41, 5.74) is 7.51. The molecule has 4 heteroatoms. The van der Waals surface area contributed by atoms with Gasteiger partial charge >= 0.3 is 6.09 Å². The van der Waals surface area contributed by atoms with E-state index in [2.05, 4.69) is 29.6 Å². The molecule has 0 aromatic heterocycles. The number of amides is 1. The third-order valence-corrected chi connectivity index (χ3v) is 5.49. The molecular weight excluding hydrogens is 386 g/mol. The lowest BCUT2D eigenvalue weighted by molar-refractivity contribution is 0.112. The van der Waals surface area contributed by atoms with E-state index in [4.69, 9.17) is 4.74 Å². The lowest BCUT2D eigenvalue weighted by atomic mass is 9.98. The molecule has 0 heterocycles. The summed E-state index contributed by atoms with van der Waals surface area (Å²) in [4.78, 5) is 23.2. The van der Waals surface area contributed by atoms with E-state index in [1.54, 1.807) is 0 Å². The van der Waals surface area contributed by atoms with Crippen LogP contribution in [0.2, 0.25) is 0 Å². The first-order valence-corrected chi connectivity index (χ1v) is 10.5. The van der Waals surface area contributed by atoms with Crippen molar-refractivity contribution in [2.24, 2.45) is 0 Å². The fourth-order valence-corrected chi connectivity index (χ4v) is 4.13. The first kappa shape index (κ1) is 20.6. The number of benzene rings is 3. The summed E-state index contributed by atoms with van der Waals surface area (Å²) in [6.45, 7) is 2.76. The maximum atomic E-state index is 12.2. The highest BCUT2D eigenvalue weighted by molar-refractivity contribution is 5.79. The van der Waals surface area contributed by atoms with Gasteiger partial charge in [0.05, 0.1) is 0 Å². The summed E-state index contributed by atoms with van der Waals surface area (Å²) in [5.74, 6) is 0.0615. The third kappa shape index (κ3) is 4.75. The molecule has 0 aliphatic heterocycles. The topological polar surface area (TPSA) is 55.4 Å². The third-order valence-electron chi connectivity index (χ3n) is 5.49. The number of rotatable bonds is 7. The predicted octanol–water partition coefficient (Wildman–Crippen LogP) is 5.75. The monoisotopic (exact) mass is 411 g/mol. The summed E-state index contributed by atoms with van der Waals surface area (Å²) >= 11 is 0. The molecule has 0 saturated heterocycles. The van der Waals surface area contributed by atoms with Crippen molar-refractivity contribution >= 4 is 18.5 Å². The minimum Gasteiger partial charge on any atom is -0.449 e. The SMILES string of the molecule is Cc1cc(C=O)cc(C=CCCNC(=O)OCC2c3ccccc3-c3ccccc32)c1. The number of hydrogen-bond acceptors (Lipinski definition) is 3. The highest BCUT2D eigenvalue weighted by atomic mass is 16.5. The van der Waals surface area contributed by atoms with E-state index < -0.39 is 6.09 Å². The molecule has 4 nitrogen and oxygen atoms in total. The van der Waals surface area contributed by atoms with Crippen LogP contribution in [0.1, 0.15) is 45.0 Å². The van der Waals surface area contributed by atoms with Crippen molar-refractivity contribution < 1.29 is 14.3 Å². The molecule has 0 saturated carbocycles. The van der Waals surface area contributed by atoms with E-state index in [1.165, 1.54) is 22.3 Å². The van der Waals surface area contributed by atoms with Crippen LogP contribution in [0, 0.1) is 6.92 Å². The predicted molar refractivity (Wildman–Crippen MR) is 123 cm³/mol. The molecule has 0 radical (unpaired) electrons. The van der Waals surface area contributed by atoms with Crippen LogP contribution in [0.25, 0.3) is 17.2 Å². The Morgan fingerprint density at radius 2 is 1.61 bits per heavy atom. The number of aldehydes is 1. The van der Waals surface area contributed by atoms with Crippen molar-refractivity contribution in [1.82, 2.24) is 5.32 Å². The summed E-state index contributed by atoms with van der Waals surface area (Å²) < 4.78 is 5.54. The van der Waals surface area contributed by atoms with E-state index in [1.807, 2.05) is 61.5 Å². The maximum Gasteiger partial charge on any atom is 0.407 e. The Labute approximate surface area is 182 Å². The summed E-state index contributed by atoms with van der Waals surface area (Å²) in [5, 5.41) is 2.81. The van der Waals surface area contributed by atoms with Crippen LogP contribution in [-0.4, -0.2) is 25.5 Å². The molecule has 0 unspecified atom stereocenters. The van der Waals surface area contributed by atoms with Gasteiger partial charge in [-0.1, -0.05) is 66.7 Å². The minimum absolute atomic E-state index is 0.0615. The molecule has 3 aromatic carbocycles. The van der Waals surface area contributed by atoms with Gasteiger partial charge in [-0.05, 0) is 58.9 Å². The van der Waals surface area contributed by atoms with Gasteiger partial charge in [-0.3, -0.25) is 4.79 Å². The average molecular weight is 412 g/mol. The Morgan fingerprint density at radius 3 is 2.29 bits per heavy atom. The minimum atomic E-state index is -0.408. The number of hydrogen-bond donors (Lipinski definition) is 1. The molecule has 4 rings (SSSR count). The van der Waals surface area contributed by atoms with Gasteiger partial charge in [0.15, 0.2) is 0 Å². The van der Waals surface area contributed by atoms with Crippen molar-refractivity contribution in [3.8, 4) is 11.1 Å². The van der Waals surface area contributed by atoms with Gasteiger partial charge in [-0.2, -0.15) is 0 Å². The fraction of sp³-hybridized carbons (Fsp3) is 0.185. The fourth-order valence-electron chi connectivity index (χ4n) is 4.13. The smallest absolute Gasteiger partial charge is 0.407 e. The zero-order valence-electron chi connectivity index (χ0n) is 17.5. The molecule has 1 aliphatic rings. The van der Waals surface area contributed by atoms with Crippen LogP contribution in [0.4, 0.5) is 4.79 Å². The van der Waals surface area contributed by atoms with Gasteiger partial charge in [0.1, 0.15) is 12.9 Å². The molecule has 1 N–H and O–H groups in total. The Morgan fingerprint density at radius 1 is 0.968 bits per heavy atom. The molecule has 31 heavy (non-hydrogen) atoms.